The second-order valence-corrected chi connectivity index (χ2v) is 5.52. The molecule has 0 bridgehead atoms. The normalized spacial score (nSPS) is 21.9. The van der Waals surface area contributed by atoms with Gasteiger partial charge in [-0.25, -0.2) is 0 Å². The van der Waals surface area contributed by atoms with E-state index in [2.05, 4.69) is 0 Å². The van der Waals surface area contributed by atoms with Gasteiger partial charge in [-0.3, -0.25) is 9.59 Å². The number of carboxylic acids is 1. The van der Waals surface area contributed by atoms with Crippen molar-refractivity contribution < 1.29 is 14.7 Å². The number of rotatable bonds is 3. The average molecular weight is 259 g/mol. The fraction of sp³-hybridized carbons (Fsp3) is 0.467. The quantitative estimate of drug-likeness (QED) is 0.904. The Morgan fingerprint density at radius 2 is 2.00 bits per heavy atom. The highest BCUT2D eigenvalue weighted by atomic mass is 16.4. The molecule has 0 radical (unpaired) electrons. The smallest absolute Gasteiger partial charge is 0.308 e. The summed E-state index contributed by atoms with van der Waals surface area (Å²) in [6.07, 6.45) is 3.33. The van der Waals surface area contributed by atoms with Crippen molar-refractivity contribution in [3.63, 3.8) is 0 Å². The van der Waals surface area contributed by atoms with E-state index in [4.69, 9.17) is 0 Å². The molecule has 1 N–H and O–H groups in total. The molecule has 4 heteroatoms. The van der Waals surface area contributed by atoms with Crippen molar-refractivity contribution in [3.8, 4) is 0 Å². The summed E-state index contributed by atoms with van der Waals surface area (Å²) >= 11 is 0. The lowest BCUT2D eigenvalue weighted by Crippen LogP contribution is -2.42. The first-order valence-electron chi connectivity index (χ1n) is 6.76. The van der Waals surface area contributed by atoms with Gasteiger partial charge < -0.3 is 10.0 Å². The molecule has 1 atom stereocenters. The molecule has 100 valence electrons. The van der Waals surface area contributed by atoms with E-state index < -0.39 is 11.9 Å². The van der Waals surface area contributed by atoms with Gasteiger partial charge in [-0.1, -0.05) is 18.2 Å². The van der Waals surface area contributed by atoms with Crippen LogP contribution in [-0.2, 0) is 16.0 Å². The Balaban J connectivity index is 1.88. The molecule has 0 aromatic heterocycles. The molecule has 19 heavy (non-hydrogen) atoms. The van der Waals surface area contributed by atoms with Crippen molar-refractivity contribution in [3.05, 3.63) is 29.8 Å². The van der Waals surface area contributed by atoms with Crippen LogP contribution >= 0.6 is 0 Å². The van der Waals surface area contributed by atoms with Gasteiger partial charge in [0.2, 0.25) is 5.91 Å². The van der Waals surface area contributed by atoms with E-state index in [-0.39, 0.29) is 5.91 Å². The number of anilines is 1. The van der Waals surface area contributed by atoms with Crippen molar-refractivity contribution in [1.29, 1.82) is 0 Å². The molecule has 1 heterocycles. The van der Waals surface area contributed by atoms with Crippen LogP contribution in [-0.4, -0.2) is 23.5 Å². The van der Waals surface area contributed by atoms with Crippen LogP contribution in [0.2, 0.25) is 0 Å². The summed E-state index contributed by atoms with van der Waals surface area (Å²) in [5.74, 6) is -0.720. The molecule has 0 saturated heterocycles. The van der Waals surface area contributed by atoms with Crippen molar-refractivity contribution in [2.24, 2.45) is 11.8 Å². The van der Waals surface area contributed by atoms with Gasteiger partial charge in [-0.2, -0.15) is 0 Å². The molecule has 1 amide bonds. The molecule has 1 fully saturated rings. The molecule has 3 rings (SSSR count). The molecule has 1 saturated carbocycles. The molecular weight excluding hydrogens is 242 g/mol. The first kappa shape index (κ1) is 12.2. The average Bonchev–Trinajstić information content (AvgIpc) is 3.21. The fourth-order valence-electron chi connectivity index (χ4n) is 2.68. The highest BCUT2D eigenvalue weighted by molar-refractivity contribution is 5.96. The number of fused-ring (bicyclic) bond motifs is 1. The zero-order valence-corrected chi connectivity index (χ0v) is 10.7. The third-order valence-corrected chi connectivity index (χ3v) is 3.96. The molecule has 1 aliphatic carbocycles. The Morgan fingerprint density at radius 1 is 1.26 bits per heavy atom. The largest absolute Gasteiger partial charge is 0.481 e. The summed E-state index contributed by atoms with van der Waals surface area (Å²) in [6, 6.07) is 7.63. The van der Waals surface area contributed by atoms with Gasteiger partial charge in [-0.05, 0) is 36.8 Å². The van der Waals surface area contributed by atoms with Crippen LogP contribution in [0.5, 0.6) is 0 Å². The summed E-state index contributed by atoms with van der Waals surface area (Å²) in [5.41, 5.74) is 1.86. The summed E-state index contributed by atoms with van der Waals surface area (Å²) in [5, 5.41) is 9.22. The Bertz CT molecular complexity index is 522. The third-order valence-electron chi connectivity index (χ3n) is 3.96. The highest BCUT2D eigenvalue weighted by Crippen LogP contribution is 2.36. The summed E-state index contributed by atoms with van der Waals surface area (Å²) in [4.78, 5) is 25.2. The number of carboxylic acid groups (broad SMARTS) is 1. The number of hydrogen-bond acceptors (Lipinski definition) is 2. The Labute approximate surface area is 112 Å². The number of amides is 1. The second-order valence-electron chi connectivity index (χ2n) is 5.52. The number of nitrogens with zero attached hydrogens (tertiary/aromatic N) is 1. The zero-order chi connectivity index (χ0) is 13.4. The van der Waals surface area contributed by atoms with E-state index in [9.17, 15) is 14.7 Å². The van der Waals surface area contributed by atoms with Gasteiger partial charge in [0.05, 0.1) is 5.92 Å². The summed E-state index contributed by atoms with van der Waals surface area (Å²) < 4.78 is 0. The first-order valence-corrected chi connectivity index (χ1v) is 6.76. The van der Waals surface area contributed by atoms with Crippen LogP contribution in [0.15, 0.2) is 24.3 Å². The number of carbonyl (C=O) groups is 2. The Kier molecular flexibility index (Phi) is 3.01. The fourth-order valence-corrected chi connectivity index (χ4v) is 2.68. The third kappa shape index (κ3) is 2.48. The van der Waals surface area contributed by atoms with Crippen LogP contribution in [0.4, 0.5) is 5.69 Å². The van der Waals surface area contributed by atoms with Crippen LogP contribution in [0.1, 0.15) is 24.8 Å². The summed E-state index contributed by atoms with van der Waals surface area (Å²) in [7, 11) is 0. The van der Waals surface area contributed by atoms with E-state index in [1.807, 2.05) is 24.3 Å². The maximum atomic E-state index is 12.3. The van der Waals surface area contributed by atoms with Gasteiger partial charge in [0.25, 0.3) is 0 Å². The first-order chi connectivity index (χ1) is 9.15. The van der Waals surface area contributed by atoms with E-state index in [1.54, 1.807) is 4.90 Å². The lowest BCUT2D eigenvalue weighted by atomic mass is 9.92. The molecule has 1 aliphatic heterocycles. The topological polar surface area (TPSA) is 57.6 Å². The molecule has 1 unspecified atom stereocenters. The van der Waals surface area contributed by atoms with E-state index in [0.717, 1.165) is 24.1 Å². The number of hydrogen-bond donors (Lipinski definition) is 1. The maximum Gasteiger partial charge on any atom is 0.308 e. The molecular formula is C15H17NO3. The van der Waals surface area contributed by atoms with E-state index in [0.29, 0.717) is 25.3 Å². The van der Waals surface area contributed by atoms with Crippen molar-refractivity contribution in [2.75, 3.05) is 11.4 Å². The van der Waals surface area contributed by atoms with Gasteiger partial charge in [-0.15, -0.1) is 0 Å². The molecule has 4 nitrogen and oxygen atoms in total. The van der Waals surface area contributed by atoms with Gasteiger partial charge >= 0.3 is 5.97 Å². The SMILES string of the molecule is O=C(O)C1Cc2ccccc2N(C(=O)CC2CC2)C1. The van der Waals surface area contributed by atoms with E-state index in [1.165, 1.54) is 0 Å². The zero-order valence-electron chi connectivity index (χ0n) is 10.7. The van der Waals surface area contributed by atoms with Crippen LogP contribution in [0, 0.1) is 11.8 Å². The predicted octanol–water partition coefficient (Wildman–Crippen LogP) is 2.08. The molecule has 2 aliphatic rings. The maximum absolute atomic E-state index is 12.3. The van der Waals surface area contributed by atoms with Crippen LogP contribution in [0.25, 0.3) is 0 Å². The minimum Gasteiger partial charge on any atom is -0.481 e. The lowest BCUT2D eigenvalue weighted by molar-refractivity contribution is -0.141. The van der Waals surface area contributed by atoms with Crippen LogP contribution in [0.3, 0.4) is 0 Å². The predicted molar refractivity (Wildman–Crippen MR) is 71.0 cm³/mol. The van der Waals surface area contributed by atoms with Gasteiger partial charge in [0.1, 0.15) is 0 Å². The van der Waals surface area contributed by atoms with Gasteiger partial charge in [0, 0.05) is 18.7 Å². The highest BCUT2D eigenvalue weighted by Gasteiger charge is 2.34. The minimum atomic E-state index is -0.821. The number of para-hydroxylation sites is 1. The molecule has 1 aromatic carbocycles. The van der Waals surface area contributed by atoms with Crippen molar-refractivity contribution in [1.82, 2.24) is 0 Å². The number of aliphatic carboxylic acids is 1. The molecule has 1 aromatic rings. The van der Waals surface area contributed by atoms with Crippen molar-refractivity contribution >= 4 is 17.6 Å². The van der Waals surface area contributed by atoms with Crippen molar-refractivity contribution in [2.45, 2.75) is 25.7 Å². The lowest BCUT2D eigenvalue weighted by Gasteiger charge is -2.33. The monoisotopic (exact) mass is 259 g/mol. The number of benzene rings is 1. The second kappa shape index (κ2) is 4.68. The Hall–Kier alpha value is -1.84. The summed E-state index contributed by atoms with van der Waals surface area (Å²) in [6.45, 7) is 0.303. The van der Waals surface area contributed by atoms with Gasteiger partial charge in [0.15, 0.2) is 0 Å². The minimum absolute atomic E-state index is 0.0703. The van der Waals surface area contributed by atoms with E-state index >= 15 is 0 Å². The van der Waals surface area contributed by atoms with Crippen LogP contribution < -0.4 is 4.90 Å². The number of carbonyl (C=O) groups excluding carboxylic acids is 1. The molecule has 0 spiro atoms. The standard InChI is InChI=1S/C15H17NO3/c17-14(7-10-5-6-10)16-9-12(15(18)19)8-11-3-1-2-4-13(11)16/h1-4,10,12H,5-9H2,(H,18,19). The Morgan fingerprint density at radius 3 is 2.68 bits per heavy atom.